The number of aryl methyl sites for hydroxylation is 1. The number of Topliss-reactive ketones (excluding diaryl/α,β-unsaturated/α-hetero) is 1. The number of carbonyl (C=O) groups is 1. The summed E-state index contributed by atoms with van der Waals surface area (Å²) in [4.78, 5) is 11.1. The van der Waals surface area contributed by atoms with Gasteiger partial charge in [0.2, 0.25) is 0 Å². The Morgan fingerprint density at radius 2 is 2.21 bits per heavy atom. The summed E-state index contributed by atoms with van der Waals surface area (Å²) in [6, 6.07) is 4.81. The van der Waals surface area contributed by atoms with Crippen molar-refractivity contribution in [3.63, 3.8) is 0 Å². The number of carbonyl (C=O) groups excluding carboxylic acids is 1. The van der Waals surface area contributed by atoms with E-state index < -0.39 is 0 Å². The van der Waals surface area contributed by atoms with Crippen LogP contribution in [0.15, 0.2) is 18.2 Å². The van der Waals surface area contributed by atoms with E-state index in [2.05, 4.69) is 0 Å². The molecule has 0 aromatic heterocycles. The Hall–Kier alpha value is -1.18. The molecular formula is C12H13FO. The van der Waals surface area contributed by atoms with Crippen LogP contribution in [0.2, 0.25) is 0 Å². The molecule has 1 aromatic carbocycles. The highest BCUT2D eigenvalue weighted by atomic mass is 19.1. The van der Waals surface area contributed by atoms with Crippen molar-refractivity contribution in [2.24, 2.45) is 5.92 Å². The van der Waals surface area contributed by atoms with E-state index >= 15 is 0 Å². The first kappa shape index (κ1) is 9.38. The molecule has 14 heavy (non-hydrogen) atoms. The Morgan fingerprint density at radius 1 is 1.50 bits per heavy atom. The summed E-state index contributed by atoms with van der Waals surface area (Å²) in [5.41, 5.74) is 2.09. The molecule has 2 atom stereocenters. The lowest BCUT2D eigenvalue weighted by Gasteiger charge is -2.03. The van der Waals surface area contributed by atoms with Crippen molar-refractivity contribution in [2.75, 3.05) is 0 Å². The highest BCUT2D eigenvalue weighted by Crippen LogP contribution is 2.48. The van der Waals surface area contributed by atoms with E-state index in [4.69, 9.17) is 0 Å². The second-order valence-electron chi connectivity index (χ2n) is 4.06. The lowest BCUT2D eigenvalue weighted by Crippen LogP contribution is -1.96. The Labute approximate surface area is 82.9 Å². The molecular weight excluding hydrogens is 179 g/mol. The van der Waals surface area contributed by atoms with Gasteiger partial charge in [-0.2, -0.15) is 0 Å². The normalized spacial score (nSPS) is 24.8. The Morgan fingerprint density at radius 3 is 2.71 bits per heavy atom. The molecule has 1 saturated carbocycles. The van der Waals surface area contributed by atoms with Gasteiger partial charge in [-0.05, 0) is 49.4 Å². The molecule has 0 spiro atoms. The van der Waals surface area contributed by atoms with Crippen LogP contribution in [0.3, 0.4) is 0 Å². The van der Waals surface area contributed by atoms with E-state index in [1.807, 2.05) is 6.92 Å². The van der Waals surface area contributed by atoms with Crippen molar-refractivity contribution in [3.8, 4) is 0 Å². The van der Waals surface area contributed by atoms with E-state index in [-0.39, 0.29) is 17.5 Å². The van der Waals surface area contributed by atoms with Crippen LogP contribution in [0, 0.1) is 18.7 Å². The lowest BCUT2D eigenvalue weighted by molar-refractivity contribution is -0.118. The van der Waals surface area contributed by atoms with E-state index in [0.717, 1.165) is 17.5 Å². The molecule has 0 aliphatic heterocycles. The second-order valence-corrected chi connectivity index (χ2v) is 4.06. The quantitative estimate of drug-likeness (QED) is 0.704. The molecule has 2 unspecified atom stereocenters. The average molecular weight is 192 g/mol. The Kier molecular flexibility index (Phi) is 2.14. The maximum absolute atomic E-state index is 12.8. The number of halogens is 1. The van der Waals surface area contributed by atoms with Gasteiger partial charge in [-0.3, -0.25) is 4.79 Å². The van der Waals surface area contributed by atoms with Crippen molar-refractivity contribution in [2.45, 2.75) is 26.2 Å². The largest absolute Gasteiger partial charge is 0.300 e. The van der Waals surface area contributed by atoms with Gasteiger partial charge in [0.15, 0.2) is 0 Å². The molecule has 0 radical (unpaired) electrons. The smallest absolute Gasteiger partial charge is 0.133 e. The minimum absolute atomic E-state index is 0.180. The zero-order chi connectivity index (χ0) is 10.3. The van der Waals surface area contributed by atoms with Crippen LogP contribution in [-0.4, -0.2) is 5.78 Å². The molecule has 1 nitrogen and oxygen atoms in total. The van der Waals surface area contributed by atoms with Gasteiger partial charge < -0.3 is 0 Å². The Balaban J connectivity index is 2.23. The summed E-state index contributed by atoms with van der Waals surface area (Å²) in [5, 5.41) is 0. The summed E-state index contributed by atoms with van der Waals surface area (Å²) in [5.74, 6) is 0.567. The SMILES string of the molecule is CC(=O)C1CC1c1ccc(F)cc1C. The maximum Gasteiger partial charge on any atom is 0.133 e. The van der Waals surface area contributed by atoms with Gasteiger partial charge in [0, 0.05) is 5.92 Å². The molecule has 0 heterocycles. The molecule has 0 amide bonds. The zero-order valence-corrected chi connectivity index (χ0v) is 8.38. The molecule has 1 aromatic rings. The summed E-state index contributed by atoms with van der Waals surface area (Å²) in [6.45, 7) is 3.53. The van der Waals surface area contributed by atoms with Crippen LogP contribution in [0.4, 0.5) is 4.39 Å². The van der Waals surface area contributed by atoms with Gasteiger partial charge >= 0.3 is 0 Å². The third-order valence-corrected chi connectivity index (χ3v) is 2.94. The predicted octanol–water partition coefficient (Wildman–Crippen LogP) is 2.83. The number of rotatable bonds is 2. The minimum Gasteiger partial charge on any atom is -0.300 e. The van der Waals surface area contributed by atoms with Crippen LogP contribution in [0.1, 0.15) is 30.4 Å². The van der Waals surface area contributed by atoms with Crippen molar-refractivity contribution in [1.29, 1.82) is 0 Å². The standard InChI is InChI=1S/C12H13FO/c1-7-5-9(13)3-4-10(7)12-6-11(12)8(2)14/h3-5,11-12H,6H2,1-2H3. The maximum atomic E-state index is 12.8. The van der Waals surface area contributed by atoms with Crippen molar-refractivity contribution in [3.05, 3.63) is 35.1 Å². The lowest BCUT2D eigenvalue weighted by atomic mass is 10.0. The third-order valence-electron chi connectivity index (χ3n) is 2.94. The molecule has 1 aliphatic rings. The Bertz CT molecular complexity index is 384. The minimum atomic E-state index is -0.203. The number of hydrogen-bond acceptors (Lipinski definition) is 1. The zero-order valence-electron chi connectivity index (χ0n) is 8.38. The predicted molar refractivity (Wildman–Crippen MR) is 52.7 cm³/mol. The molecule has 1 fully saturated rings. The van der Waals surface area contributed by atoms with E-state index in [1.54, 1.807) is 13.0 Å². The van der Waals surface area contributed by atoms with Gasteiger partial charge in [-0.15, -0.1) is 0 Å². The van der Waals surface area contributed by atoms with Gasteiger partial charge in [0.05, 0.1) is 0 Å². The first-order chi connectivity index (χ1) is 6.59. The van der Waals surface area contributed by atoms with Crippen LogP contribution < -0.4 is 0 Å². The summed E-state index contributed by atoms with van der Waals surface area (Å²) in [6.07, 6.45) is 0.932. The summed E-state index contributed by atoms with van der Waals surface area (Å²) >= 11 is 0. The molecule has 0 saturated heterocycles. The van der Waals surface area contributed by atoms with Crippen molar-refractivity contribution < 1.29 is 9.18 Å². The molecule has 1 aliphatic carbocycles. The first-order valence-electron chi connectivity index (χ1n) is 4.86. The van der Waals surface area contributed by atoms with Gasteiger partial charge in [-0.25, -0.2) is 4.39 Å². The number of hydrogen-bond donors (Lipinski definition) is 0. The fourth-order valence-electron chi connectivity index (χ4n) is 2.04. The van der Waals surface area contributed by atoms with E-state index in [0.29, 0.717) is 5.92 Å². The summed E-state index contributed by atoms with van der Waals surface area (Å²) in [7, 11) is 0. The number of benzene rings is 1. The topological polar surface area (TPSA) is 17.1 Å². The highest BCUT2D eigenvalue weighted by Gasteiger charge is 2.42. The highest BCUT2D eigenvalue weighted by molar-refractivity contribution is 5.82. The molecule has 0 bridgehead atoms. The second kappa shape index (κ2) is 3.19. The first-order valence-corrected chi connectivity index (χ1v) is 4.86. The monoisotopic (exact) mass is 192 g/mol. The molecule has 74 valence electrons. The van der Waals surface area contributed by atoms with Crippen LogP contribution in [-0.2, 0) is 4.79 Å². The van der Waals surface area contributed by atoms with Gasteiger partial charge in [0.1, 0.15) is 11.6 Å². The van der Waals surface area contributed by atoms with Gasteiger partial charge in [-0.1, -0.05) is 6.07 Å². The van der Waals surface area contributed by atoms with Crippen LogP contribution >= 0.6 is 0 Å². The van der Waals surface area contributed by atoms with E-state index in [1.165, 1.54) is 12.1 Å². The molecule has 0 N–H and O–H groups in total. The van der Waals surface area contributed by atoms with Crippen LogP contribution in [0.5, 0.6) is 0 Å². The molecule has 2 rings (SSSR count). The fraction of sp³-hybridized carbons (Fsp3) is 0.417. The summed E-state index contributed by atoms with van der Waals surface area (Å²) < 4.78 is 12.8. The van der Waals surface area contributed by atoms with Crippen molar-refractivity contribution >= 4 is 5.78 Å². The van der Waals surface area contributed by atoms with E-state index in [9.17, 15) is 9.18 Å². The molecule has 2 heteroatoms. The van der Waals surface area contributed by atoms with Crippen molar-refractivity contribution in [1.82, 2.24) is 0 Å². The number of ketones is 1. The van der Waals surface area contributed by atoms with Gasteiger partial charge in [0.25, 0.3) is 0 Å². The average Bonchev–Trinajstić information content (AvgIpc) is 2.83. The third kappa shape index (κ3) is 1.57. The van der Waals surface area contributed by atoms with Crippen LogP contribution in [0.25, 0.3) is 0 Å². The fourth-order valence-corrected chi connectivity index (χ4v) is 2.04.